The molecule has 7 nitrogen and oxygen atoms in total. The standard InChI is InChI=1S/C10H10N2O5S/c1-2-3-11(5-9(13)14)10(15)7-4-8(12(16)17)18-6-7/h2,4,6H,1,3,5H2,(H,13,14). The molecule has 0 saturated carbocycles. The van der Waals surface area contributed by atoms with Crippen LogP contribution in [-0.2, 0) is 4.79 Å². The van der Waals surface area contributed by atoms with Crippen molar-refractivity contribution in [1.82, 2.24) is 4.90 Å². The fourth-order valence-corrected chi connectivity index (χ4v) is 1.95. The molecule has 18 heavy (non-hydrogen) atoms. The minimum Gasteiger partial charge on any atom is -0.480 e. The molecule has 0 radical (unpaired) electrons. The predicted molar refractivity (Wildman–Crippen MR) is 64.7 cm³/mol. The summed E-state index contributed by atoms with van der Waals surface area (Å²) >= 11 is 0.821. The zero-order valence-electron chi connectivity index (χ0n) is 9.24. The minimum absolute atomic E-state index is 0.0643. The Morgan fingerprint density at radius 2 is 2.28 bits per heavy atom. The molecule has 1 aromatic rings. The van der Waals surface area contributed by atoms with Gasteiger partial charge in [-0.3, -0.25) is 19.7 Å². The maximum atomic E-state index is 11.9. The van der Waals surface area contributed by atoms with Crippen LogP contribution in [0.2, 0.25) is 0 Å². The molecule has 8 heteroatoms. The monoisotopic (exact) mass is 270 g/mol. The first kappa shape index (κ1) is 13.8. The second-order valence-corrected chi connectivity index (χ2v) is 4.19. The third kappa shape index (κ3) is 3.39. The summed E-state index contributed by atoms with van der Waals surface area (Å²) in [7, 11) is 0. The van der Waals surface area contributed by atoms with Gasteiger partial charge < -0.3 is 10.0 Å². The summed E-state index contributed by atoms with van der Waals surface area (Å²) in [6.45, 7) is 3.01. The van der Waals surface area contributed by atoms with Crippen molar-refractivity contribution in [1.29, 1.82) is 0 Å². The first-order valence-corrected chi connectivity index (χ1v) is 5.68. The van der Waals surface area contributed by atoms with E-state index in [0.717, 1.165) is 22.3 Å². The molecule has 0 aromatic carbocycles. The molecule has 1 aromatic heterocycles. The van der Waals surface area contributed by atoms with Crippen LogP contribution in [0.5, 0.6) is 0 Å². The van der Waals surface area contributed by atoms with Crippen molar-refractivity contribution < 1.29 is 19.6 Å². The van der Waals surface area contributed by atoms with E-state index in [9.17, 15) is 19.7 Å². The van der Waals surface area contributed by atoms with E-state index in [2.05, 4.69) is 6.58 Å². The van der Waals surface area contributed by atoms with E-state index in [-0.39, 0.29) is 17.1 Å². The van der Waals surface area contributed by atoms with Gasteiger partial charge in [0.05, 0.1) is 10.5 Å². The summed E-state index contributed by atoms with van der Waals surface area (Å²) in [5, 5.41) is 20.3. The van der Waals surface area contributed by atoms with Gasteiger partial charge in [0.25, 0.3) is 5.91 Å². The molecule has 0 aliphatic carbocycles. The first-order chi connectivity index (χ1) is 8.45. The molecule has 96 valence electrons. The Kier molecular flexibility index (Phi) is 4.55. The van der Waals surface area contributed by atoms with Crippen molar-refractivity contribution in [3.05, 3.63) is 39.8 Å². The second-order valence-electron chi connectivity index (χ2n) is 3.30. The van der Waals surface area contributed by atoms with Gasteiger partial charge in [-0.15, -0.1) is 6.58 Å². The molecule has 1 amide bonds. The third-order valence-corrected chi connectivity index (χ3v) is 2.86. The SMILES string of the molecule is C=CCN(CC(=O)O)C(=O)c1csc([N+](=O)[O-])c1. The van der Waals surface area contributed by atoms with Crippen molar-refractivity contribution in [2.45, 2.75) is 0 Å². The van der Waals surface area contributed by atoms with E-state index < -0.39 is 23.3 Å². The Bertz CT molecular complexity index is 496. The summed E-state index contributed by atoms with van der Waals surface area (Å²) in [4.78, 5) is 33.4. The molecule has 0 aliphatic rings. The van der Waals surface area contributed by atoms with E-state index in [1.165, 1.54) is 11.5 Å². The number of thiophene rings is 1. The average Bonchev–Trinajstić information content (AvgIpc) is 2.76. The Hall–Kier alpha value is -2.22. The number of carbonyl (C=O) groups is 2. The number of hydrogen-bond acceptors (Lipinski definition) is 5. The van der Waals surface area contributed by atoms with Gasteiger partial charge >= 0.3 is 11.0 Å². The lowest BCUT2D eigenvalue weighted by Gasteiger charge is -2.17. The molecular formula is C10H10N2O5S. The lowest BCUT2D eigenvalue weighted by molar-refractivity contribution is -0.380. The van der Waals surface area contributed by atoms with Crippen LogP contribution in [-0.4, -0.2) is 39.9 Å². The molecule has 1 rings (SSSR count). The van der Waals surface area contributed by atoms with Crippen LogP contribution in [0.1, 0.15) is 10.4 Å². The van der Waals surface area contributed by atoms with Gasteiger partial charge in [-0.2, -0.15) is 0 Å². The van der Waals surface area contributed by atoms with Crippen LogP contribution in [0.15, 0.2) is 24.1 Å². The fourth-order valence-electron chi connectivity index (χ4n) is 1.25. The quantitative estimate of drug-likeness (QED) is 0.478. The van der Waals surface area contributed by atoms with Gasteiger partial charge in [-0.1, -0.05) is 17.4 Å². The highest BCUT2D eigenvalue weighted by molar-refractivity contribution is 7.13. The first-order valence-electron chi connectivity index (χ1n) is 4.80. The van der Waals surface area contributed by atoms with Crippen LogP contribution in [0, 0.1) is 10.1 Å². The van der Waals surface area contributed by atoms with Crippen LogP contribution in [0.25, 0.3) is 0 Å². The number of nitro groups is 1. The Balaban J connectivity index is 2.90. The smallest absolute Gasteiger partial charge is 0.324 e. The van der Waals surface area contributed by atoms with Crippen molar-refractivity contribution in [3.8, 4) is 0 Å². The van der Waals surface area contributed by atoms with Crippen molar-refractivity contribution in [2.24, 2.45) is 0 Å². The Labute approximate surface area is 106 Å². The van der Waals surface area contributed by atoms with Gasteiger partial charge in [0.1, 0.15) is 6.54 Å². The molecule has 0 fully saturated rings. The topological polar surface area (TPSA) is 101 Å². The number of carboxylic acid groups (broad SMARTS) is 1. The average molecular weight is 270 g/mol. The van der Waals surface area contributed by atoms with Gasteiger partial charge in [0, 0.05) is 18.0 Å². The fraction of sp³-hybridized carbons (Fsp3) is 0.200. The number of rotatable bonds is 6. The predicted octanol–water partition coefficient (Wildman–Crippen LogP) is 1.37. The molecule has 0 atom stereocenters. The largest absolute Gasteiger partial charge is 0.480 e. The van der Waals surface area contributed by atoms with Crippen molar-refractivity contribution >= 4 is 28.2 Å². The zero-order valence-corrected chi connectivity index (χ0v) is 10.1. The van der Waals surface area contributed by atoms with Crippen LogP contribution >= 0.6 is 11.3 Å². The molecule has 0 saturated heterocycles. The van der Waals surface area contributed by atoms with Crippen LogP contribution in [0.4, 0.5) is 5.00 Å². The van der Waals surface area contributed by atoms with E-state index in [1.54, 1.807) is 0 Å². The lowest BCUT2D eigenvalue weighted by Crippen LogP contribution is -2.35. The van der Waals surface area contributed by atoms with E-state index in [4.69, 9.17) is 5.11 Å². The number of carbonyl (C=O) groups excluding carboxylic acids is 1. The van der Waals surface area contributed by atoms with Gasteiger partial charge in [0.2, 0.25) is 0 Å². The van der Waals surface area contributed by atoms with Gasteiger partial charge in [-0.05, 0) is 0 Å². The van der Waals surface area contributed by atoms with Crippen LogP contribution in [0.3, 0.4) is 0 Å². The second kappa shape index (κ2) is 5.92. The van der Waals surface area contributed by atoms with E-state index in [1.807, 2.05) is 0 Å². The number of nitrogens with zero attached hydrogens (tertiary/aromatic N) is 2. The molecule has 0 bridgehead atoms. The summed E-state index contributed by atoms with van der Waals surface area (Å²) in [5.74, 6) is -1.73. The number of hydrogen-bond donors (Lipinski definition) is 1. The molecule has 0 aliphatic heterocycles. The lowest BCUT2D eigenvalue weighted by atomic mass is 10.3. The number of carboxylic acids is 1. The summed E-state index contributed by atoms with van der Waals surface area (Å²) in [6.07, 6.45) is 1.39. The van der Waals surface area contributed by atoms with E-state index >= 15 is 0 Å². The number of amides is 1. The highest BCUT2D eigenvalue weighted by Crippen LogP contribution is 2.23. The highest BCUT2D eigenvalue weighted by atomic mass is 32.1. The highest BCUT2D eigenvalue weighted by Gasteiger charge is 2.21. The van der Waals surface area contributed by atoms with Gasteiger partial charge in [-0.25, -0.2) is 0 Å². The van der Waals surface area contributed by atoms with E-state index in [0.29, 0.717) is 0 Å². The summed E-state index contributed by atoms with van der Waals surface area (Å²) < 4.78 is 0. The van der Waals surface area contributed by atoms with Crippen molar-refractivity contribution in [3.63, 3.8) is 0 Å². The van der Waals surface area contributed by atoms with Crippen LogP contribution < -0.4 is 0 Å². The molecule has 0 spiro atoms. The Morgan fingerprint density at radius 1 is 1.61 bits per heavy atom. The molecule has 1 heterocycles. The maximum Gasteiger partial charge on any atom is 0.324 e. The molecule has 0 unspecified atom stereocenters. The number of aliphatic carboxylic acids is 1. The maximum absolute atomic E-state index is 11.9. The summed E-state index contributed by atoms with van der Waals surface area (Å²) in [5.41, 5.74) is 0.106. The normalized spacial score (nSPS) is 9.78. The zero-order chi connectivity index (χ0) is 13.7. The minimum atomic E-state index is -1.16. The molecule has 1 N–H and O–H groups in total. The molecular weight excluding hydrogens is 260 g/mol. The van der Waals surface area contributed by atoms with Crippen molar-refractivity contribution in [2.75, 3.05) is 13.1 Å². The third-order valence-electron chi connectivity index (χ3n) is 1.98. The summed E-state index contributed by atoms with van der Waals surface area (Å²) in [6, 6.07) is 1.13. The van der Waals surface area contributed by atoms with Gasteiger partial charge in [0.15, 0.2) is 0 Å². The Morgan fingerprint density at radius 3 is 2.72 bits per heavy atom.